The summed E-state index contributed by atoms with van der Waals surface area (Å²) in [6.07, 6.45) is 3.49. The molecule has 1 aromatic heterocycles. The van der Waals surface area contributed by atoms with Gasteiger partial charge in [-0.05, 0) is 49.2 Å². The third kappa shape index (κ3) is 3.55. The van der Waals surface area contributed by atoms with Gasteiger partial charge in [-0.2, -0.15) is 0 Å². The molecule has 0 saturated carbocycles. The summed E-state index contributed by atoms with van der Waals surface area (Å²) in [6, 6.07) is 11.3. The van der Waals surface area contributed by atoms with Crippen molar-refractivity contribution in [2.24, 2.45) is 11.5 Å². The van der Waals surface area contributed by atoms with E-state index >= 15 is 0 Å². The van der Waals surface area contributed by atoms with Crippen molar-refractivity contribution in [2.45, 2.75) is 12.8 Å². The summed E-state index contributed by atoms with van der Waals surface area (Å²) in [6.45, 7) is 0.670. The second kappa shape index (κ2) is 6.68. The molecule has 1 heterocycles. The first kappa shape index (κ1) is 14.0. The van der Waals surface area contributed by atoms with Gasteiger partial charge in [0.2, 0.25) is 0 Å². The van der Waals surface area contributed by atoms with Crippen LogP contribution in [0.4, 0.5) is 11.5 Å². The molecule has 0 fully saturated rings. The highest BCUT2D eigenvalue weighted by molar-refractivity contribution is 5.98. The van der Waals surface area contributed by atoms with Crippen LogP contribution in [0.5, 0.6) is 0 Å². The Labute approximate surface area is 118 Å². The molecule has 0 aliphatic rings. The zero-order chi connectivity index (χ0) is 14.4. The number of rotatable bonds is 6. The van der Waals surface area contributed by atoms with Crippen molar-refractivity contribution < 1.29 is 4.79 Å². The fourth-order valence-electron chi connectivity index (χ4n) is 1.95. The molecule has 5 N–H and O–H groups in total. The molecule has 5 nitrogen and oxygen atoms in total. The minimum Gasteiger partial charge on any atom is -0.365 e. The van der Waals surface area contributed by atoms with Crippen LogP contribution in [0.3, 0.4) is 0 Å². The maximum Gasteiger partial charge on any atom is 0.252 e. The Hall–Kier alpha value is -2.40. The van der Waals surface area contributed by atoms with E-state index in [4.69, 9.17) is 11.5 Å². The summed E-state index contributed by atoms with van der Waals surface area (Å²) >= 11 is 0. The number of hydrogen-bond donors (Lipinski definition) is 3. The van der Waals surface area contributed by atoms with Crippen LogP contribution in [0.15, 0.2) is 42.6 Å². The Morgan fingerprint density at radius 3 is 2.85 bits per heavy atom. The second-order valence-electron chi connectivity index (χ2n) is 4.48. The van der Waals surface area contributed by atoms with Crippen LogP contribution in [0.2, 0.25) is 0 Å². The molecule has 5 heteroatoms. The number of nitrogens with one attached hydrogen (secondary N) is 1. The number of anilines is 2. The van der Waals surface area contributed by atoms with Crippen LogP contribution < -0.4 is 16.8 Å². The number of aryl methyl sites for hydroxylation is 1. The first-order chi connectivity index (χ1) is 9.70. The van der Waals surface area contributed by atoms with Crippen LogP contribution in [0, 0.1) is 0 Å². The van der Waals surface area contributed by atoms with E-state index in [0.29, 0.717) is 17.9 Å². The molecule has 104 valence electrons. The van der Waals surface area contributed by atoms with Gasteiger partial charge < -0.3 is 16.8 Å². The number of benzene rings is 1. The van der Waals surface area contributed by atoms with Gasteiger partial charge in [-0.25, -0.2) is 4.98 Å². The van der Waals surface area contributed by atoms with E-state index in [2.05, 4.69) is 10.3 Å². The molecular formula is C15H18N4O. The van der Waals surface area contributed by atoms with Crippen molar-refractivity contribution in [1.82, 2.24) is 4.98 Å². The van der Waals surface area contributed by atoms with Crippen molar-refractivity contribution in [3.8, 4) is 0 Å². The molecule has 0 aliphatic heterocycles. The van der Waals surface area contributed by atoms with Gasteiger partial charge in [0.25, 0.3) is 5.91 Å². The zero-order valence-electron chi connectivity index (χ0n) is 11.2. The Bertz CT molecular complexity index is 598. The van der Waals surface area contributed by atoms with Gasteiger partial charge in [-0.3, -0.25) is 4.79 Å². The lowest BCUT2D eigenvalue weighted by atomic mass is 10.1. The van der Waals surface area contributed by atoms with Gasteiger partial charge in [0.1, 0.15) is 5.82 Å². The fraction of sp³-hybridized carbons (Fsp3) is 0.200. The minimum absolute atomic E-state index is 0.375. The molecule has 2 rings (SSSR count). The Balaban J connectivity index is 2.20. The lowest BCUT2D eigenvalue weighted by Gasteiger charge is -2.10. The third-order valence-corrected chi connectivity index (χ3v) is 2.93. The highest BCUT2D eigenvalue weighted by atomic mass is 16.1. The predicted octanol–water partition coefficient (Wildman–Crippen LogP) is 1.82. The molecule has 0 unspecified atom stereocenters. The maximum absolute atomic E-state index is 11.3. The van der Waals surface area contributed by atoms with E-state index < -0.39 is 5.91 Å². The lowest BCUT2D eigenvalue weighted by molar-refractivity contribution is 0.100. The van der Waals surface area contributed by atoms with Crippen LogP contribution in [-0.4, -0.2) is 17.4 Å². The largest absolute Gasteiger partial charge is 0.365 e. The smallest absolute Gasteiger partial charge is 0.252 e. The molecule has 1 aromatic carbocycles. The average molecular weight is 270 g/mol. The first-order valence-corrected chi connectivity index (χ1v) is 6.51. The highest BCUT2D eigenvalue weighted by Crippen LogP contribution is 2.19. The van der Waals surface area contributed by atoms with Gasteiger partial charge in [0.15, 0.2) is 0 Å². The van der Waals surface area contributed by atoms with Crippen molar-refractivity contribution in [3.05, 3.63) is 53.7 Å². The molecule has 1 amide bonds. The second-order valence-corrected chi connectivity index (χ2v) is 4.48. The molecule has 0 bridgehead atoms. The summed E-state index contributed by atoms with van der Waals surface area (Å²) in [5, 5.41) is 3.13. The number of aromatic nitrogens is 1. The summed E-state index contributed by atoms with van der Waals surface area (Å²) in [5.74, 6) is -0.0316. The quantitative estimate of drug-likeness (QED) is 0.746. The van der Waals surface area contributed by atoms with Gasteiger partial charge in [-0.1, -0.05) is 12.1 Å². The number of nitrogens with two attached hydrogens (primary N) is 2. The van der Waals surface area contributed by atoms with Crippen molar-refractivity contribution in [3.63, 3.8) is 0 Å². The van der Waals surface area contributed by atoms with Gasteiger partial charge in [-0.15, -0.1) is 0 Å². The molecule has 2 aromatic rings. The van der Waals surface area contributed by atoms with Crippen molar-refractivity contribution in [1.29, 1.82) is 0 Å². The SMILES string of the molecule is NCCCc1cccc(Nc2ncccc2C(N)=O)c1. The Morgan fingerprint density at radius 1 is 1.25 bits per heavy atom. The Morgan fingerprint density at radius 2 is 2.10 bits per heavy atom. The summed E-state index contributed by atoms with van der Waals surface area (Å²) in [5.41, 5.74) is 13.3. The molecular weight excluding hydrogens is 252 g/mol. The fourth-order valence-corrected chi connectivity index (χ4v) is 1.95. The molecule has 0 spiro atoms. The Kier molecular flexibility index (Phi) is 4.68. The van der Waals surface area contributed by atoms with Crippen molar-refractivity contribution >= 4 is 17.4 Å². The first-order valence-electron chi connectivity index (χ1n) is 6.51. The standard InChI is InChI=1S/C15H18N4O/c16-8-2-5-11-4-1-6-12(10-11)19-15-13(14(17)20)7-3-9-18-15/h1,3-4,6-7,9-10H,2,5,8,16H2,(H2,17,20)(H,18,19). The number of carbonyl (C=O) groups excluding carboxylic acids is 1. The summed E-state index contributed by atoms with van der Waals surface area (Å²) in [4.78, 5) is 15.5. The number of amides is 1. The average Bonchev–Trinajstić information content (AvgIpc) is 2.46. The van der Waals surface area contributed by atoms with E-state index in [0.717, 1.165) is 18.5 Å². The number of carbonyl (C=O) groups is 1. The number of pyridine rings is 1. The highest BCUT2D eigenvalue weighted by Gasteiger charge is 2.08. The summed E-state index contributed by atoms with van der Waals surface area (Å²) in [7, 11) is 0. The topological polar surface area (TPSA) is 94.0 Å². The zero-order valence-corrected chi connectivity index (χ0v) is 11.2. The number of nitrogens with zero attached hydrogens (tertiary/aromatic N) is 1. The van der Waals surface area contributed by atoms with E-state index in [1.807, 2.05) is 24.3 Å². The monoisotopic (exact) mass is 270 g/mol. The molecule has 0 aliphatic carbocycles. The van der Waals surface area contributed by atoms with Gasteiger partial charge in [0, 0.05) is 11.9 Å². The molecule has 0 radical (unpaired) electrons. The predicted molar refractivity (Wildman–Crippen MR) is 79.9 cm³/mol. The molecule has 0 atom stereocenters. The normalized spacial score (nSPS) is 10.2. The van der Waals surface area contributed by atoms with Crippen LogP contribution >= 0.6 is 0 Å². The molecule has 0 saturated heterocycles. The van der Waals surface area contributed by atoms with Crippen LogP contribution in [0.1, 0.15) is 22.3 Å². The van der Waals surface area contributed by atoms with E-state index in [1.54, 1.807) is 18.3 Å². The summed E-state index contributed by atoms with van der Waals surface area (Å²) < 4.78 is 0. The maximum atomic E-state index is 11.3. The molecule has 20 heavy (non-hydrogen) atoms. The van der Waals surface area contributed by atoms with Crippen LogP contribution in [0.25, 0.3) is 0 Å². The minimum atomic E-state index is -0.500. The number of primary amides is 1. The van der Waals surface area contributed by atoms with Gasteiger partial charge >= 0.3 is 0 Å². The van der Waals surface area contributed by atoms with Crippen molar-refractivity contribution in [2.75, 3.05) is 11.9 Å². The number of hydrogen-bond acceptors (Lipinski definition) is 4. The van der Waals surface area contributed by atoms with Crippen LogP contribution in [-0.2, 0) is 6.42 Å². The lowest BCUT2D eigenvalue weighted by Crippen LogP contribution is -2.14. The van der Waals surface area contributed by atoms with E-state index in [-0.39, 0.29) is 0 Å². The van der Waals surface area contributed by atoms with E-state index in [9.17, 15) is 4.79 Å². The van der Waals surface area contributed by atoms with Gasteiger partial charge in [0.05, 0.1) is 5.56 Å². The third-order valence-electron chi connectivity index (χ3n) is 2.93. The van der Waals surface area contributed by atoms with E-state index in [1.165, 1.54) is 5.56 Å².